The number of likely N-dealkylation sites (tertiary alicyclic amines) is 1. The van der Waals surface area contributed by atoms with Gasteiger partial charge in [0, 0.05) is 49.6 Å². The van der Waals surface area contributed by atoms with E-state index in [2.05, 4.69) is 10.3 Å². The van der Waals surface area contributed by atoms with Crippen LogP contribution in [0.15, 0.2) is 55.0 Å². The topological polar surface area (TPSA) is 75.9 Å². The van der Waals surface area contributed by atoms with Crippen LogP contribution in [0, 0.1) is 5.92 Å². The lowest BCUT2D eigenvalue weighted by Gasteiger charge is -2.19. The zero-order valence-corrected chi connectivity index (χ0v) is 17.2. The molecule has 2 aromatic heterocycles. The van der Waals surface area contributed by atoms with Crippen LogP contribution in [0.25, 0.3) is 5.65 Å². The molecule has 1 N–H and O–H groups in total. The Hall–Kier alpha value is -3.35. The SMILES string of the molecule is CC(C)C(=O)N1CC[C@H](Oc2ccc(C(=O)NCc3ccn4ccnc4c3)cc2)C1. The summed E-state index contributed by atoms with van der Waals surface area (Å²) in [4.78, 5) is 30.7. The van der Waals surface area contributed by atoms with E-state index in [-0.39, 0.29) is 23.8 Å². The lowest BCUT2D eigenvalue weighted by atomic mass is 10.2. The van der Waals surface area contributed by atoms with Crippen molar-refractivity contribution in [1.82, 2.24) is 19.6 Å². The van der Waals surface area contributed by atoms with E-state index in [1.807, 2.05) is 47.7 Å². The molecule has 7 heteroatoms. The van der Waals surface area contributed by atoms with Crippen LogP contribution < -0.4 is 10.1 Å². The molecule has 4 rings (SSSR count). The highest BCUT2D eigenvalue weighted by Gasteiger charge is 2.28. The molecule has 0 unspecified atom stereocenters. The average Bonchev–Trinajstić information content (AvgIpc) is 3.41. The summed E-state index contributed by atoms with van der Waals surface area (Å²) >= 11 is 0. The number of ether oxygens (including phenoxy) is 1. The molecule has 0 saturated carbocycles. The van der Waals surface area contributed by atoms with Crippen molar-refractivity contribution in [3.8, 4) is 5.75 Å². The highest BCUT2D eigenvalue weighted by molar-refractivity contribution is 5.94. The summed E-state index contributed by atoms with van der Waals surface area (Å²) in [6, 6.07) is 11.0. The van der Waals surface area contributed by atoms with Crippen molar-refractivity contribution in [1.29, 1.82) is 0 Å². The smallest absolute Gasteiger partial charge is 0.251 e. The molecule has 1 saturated heterocycles. The number of fused-ring (bicyclic) bond motifs is 1. The summed E-state index contributed by atoms with van der Waals surface area (Å²) < 4.78 is 7.92. The molecule has 1 aliphatic heterocycles. The van der Waals surface area contributed by atoms with E-state index in [9.17, 15) is 9.59 Å². The summed E-state index contributed by atoms with van der Waals surface area (Å²) in [5.41, 5.74) is 2.42. The Morgan fingerprint density at radius 2 is 2.00 bits per heavy atom. The molecule has 7 nitrogen and oxygen atoms in total. The number of rotatable bonds is 6. The van der Waals surface area contributed by atoms with Crippen LogP contribution in [0.4, 0.5) is 0 Å². The first kappa shape index (κ1) is 19.9. The predicted molar refractivity (Wildman–Crippen MR) is 113 cm³/mol. The van der Waals surface area contributed by atoms with E-state index in [0.717, 1.165) is 24.2 Å². The van der Waals surface area contributed by atoms with Crippen LogP contribution in [-0.2, 0) is 11.3 Å². The maximum absolute atomic E-state index is 12.5. The van der Waals surface area contributed by atoms with E-state index in [1.165, 1.54) is 0 Å². The van der Waals surface area contributed by atoms with Crippen LogP contribution in [0.5, 0.6) is 5.75 Å². The number of pyridine rings is 1. The van der Waals surface area contributed by atoms with Crippen LogP contribution in [0.1, 0.15) is 36.2 Å². The molecule has 3 aromatic rings. The molecule has 0 radical (unpaired) electrons. The zero-order valence-electron chi connectivity index (χ0n) is 17.2. The molecule has 0 aliphatic carbocycles. The fraction of sp³-hybridized carbons (Fsp3) is 0.348. The van der Waals surface area contributed by atoms with E-state index in [0.29, 0.717) is 24.4 Å². The van der Waals surface area contributed by atoms with Crippen molar-refractivity contribution in [3.63, 3.8) is 0 Å². The first-order chi connectivity index (χ1) is 14.5. The Balaban J connectivity index is 1.29. The van der Waals surface area contributed by atoms with Crippen molar-refractivity contribution in [2.24, 2.45) is 5.92 Å². The van der Waals surface area contributed by atoms with Gasteiger partial charge in [0.05, 0.1) is 6.54 Å². The summed E-state index contributed by atoms with van der Waals surface area (Å²) in [6.07, 6.45) is 6.36. The van der Waals surface area contributed by atoms with E-state index >= 15 is 0 Å². The molecular formula is C23H26N4O3. The number of carbonyl (C=O) groups excluding carboxylic acids is 2. The minimum atomic E-state index is -0.140. The Bertz CT molecular complexity index is 1040. The lowest BCUT2D eigenvalue weighted by Crippen LogP contribution is -2.33. The average molecular weight is 406 g/mol. The monoisotopic (exact) mass is 406 g/mol. The standard InChI is InChI=1S/C23H26N4O3/c1-16(2)23(29)27-11-8-20(15-27)30-19-5-3-18(4-6-19)22(28)25-14-17-7-10-26-12-9-24-21(26)13-17/h3-7,9-10,12-13,16,20H,8,11,14-15H2,1-2H3,(H,25,28)/t20-/m0/s1. The number of carbonyl (C=O) groups is 2. The number of hydrogen-bond donors (Lipinski definition) is 1. The number of aromatic nitrogens is 2. The zero-order chi connectivity index (χ0) is 21.1. The highest BCUT2D eigenvalue weighted by Crippen LogP contribution is 2.20. The van der Waals surface area contributed by atoms with E-state index in [1.54, 1.807) is 30.5 Å². The summed E-state index contributed by atoms with van der Waals surface area (Å²) in [5.74, 6) is 0.739. The molecule has 2 amide bonds. The first-order valence-electron chi connectivity index (χ1n) is 10.2. The Morgan fingerprint density at radius 1 is 1.20 bits per heavy atom. The van der Waals surface area contributed by atoms with Crippen molar-refractivity contribution >= 4 is 17.5 Å². The second-order valence-corrected chi connectivity index (χ2v) is 7.90. The third kappa shape index (κ3) is 4.45. The highest BCUT2D eigenvalue weighted by atomic mass is 16.5. The maximum Gasteiger partial charge on any atom is 0.251 e. The second kappa shape index (κ2) is 8.57. The van der Waals surface area contributed by atoms with E-state index in [4.69, 9.17) is 4.74 Å². The minimum absolute atomic E-state index is 0.00293. The number of nitrogens with zero attached hydrogens (tertiary/aromatic N) is 3. The Morgan fingerprint density at radius 3 is 2.77 bits per heavy atom. The molecule has 1 aromatic carbocycles. The van der Waals surface area contributed by atoms with Crippen LogP contribution >= 0.6 is 0 Å². The normalized spacial score (nSPS) is 16.2. The van der Waals surface area contributed by atoms with Crippen LogP contribution in [0.2, 0.25) is 0 Å². The van der Waals surface area contributed by atoms with Gasteiger partial charge in [0.1, 0.15) is 17.5 Å². The van der Waals surface area contributed by atoms with E-state index < -0.39 is 0 Å². The summed E-state index contributed by atoms with van der Waals surface area (Å²) in [5, 5.41) is 2.93. The van der Waals surface area contributed by atoms with Crippen LogP contribution in [-0.4, -0.2) is 45.3 Å². The molecule has 3 heterocycles. The molecule has 1 aliphatic rings. The van der Waals surface area contributed by atoms with Gasteiger partial charge in [0.2, 0.25) is 5.91 Å². The van der Waals surface area contributed by atoms with Gasteiger partial charge in [-0.25, -0.2) is 4.98 Å². The number of amides is 2. The van der Waals surface area contributed by atoms with Gasteiger partial charge in [-0.15, -0.1) is 0 Å². The molecule has 30 heavy (non-hydrogen) atoms. The fourth-order valence-electron chi connectivity index (χ4n) is 3.61. The number of nitrogens with one attached hydrogen (secondary N) is 1. The predicted octanol–water partition coefficient (Wildman–Crippen LogP) is 2.90. The molecular weight excluding hydrogens is 380 g/mol. The van der Waals surface area contributed by atoms with Gasteiger partial charge in [0.25, 0.3) is 5.91 Å². The number of imidazole rings is 1. The second-order valence-electron chi connectivity index (χ2n) is 7.90. The Kier molecular flexibility index (Phi) is 5.70. The van der Waals surface area contributed by atoms with Crippen molar-refractivity contribution in [2.45, 2.75) is 32.9 Å². The molecule has 1 atom stereocenters. The van der Waals surface area contributed by atoms with Gasteiger partial charge in [-0.05, 0) is 42.0 Å². The van der Waals surface area contributed by atoms with Gasteiger partial charge in [-0.3, -0.25) is 9.59 Å². The quantitative estimate of drug-likeness (QED) is 0.683. The third-order valence-electron chi connectivity index (χ3n) is 5.29. The maximum atomic E-state index is 12.5. The van der Waals surface area contributed by atoms with Crippen molar-refractivity contribution in [2.75, 3.05) is 13.1 Å². The largest absolute Gasteiger partial charge is 0.489 e. The summed E-state index contributed by atoms with van der Waals surface area (Å²) in [7, 11) is 0. The third-order valence-corrected chi connectivity index (χ3v) is 5.29. The first-order valence-corrected chi connectivity index (χ1v) is 10.2. The van der Waals surface area contributed by atoms with Crippen LogP contribution in [0.3, 0.4) is 0 Å². The van der Waals surface area contributed by atoms with Crippen molar-refractivity contribution < 1.29 is 14.3 Å². The number of benzene rings is 1. The van der Waals surface area contributed by atoms with Gasteiger partial charge in [-0.2, -0.15) is 0 Å². The van der Waals surface area contributed by atoms with Gasteiger partial charge < -0.3 is 19.4 Å². The molecule has 1 fully saturated rings. The molecule has 0 bridgehead atoms. The van der Waals surface area contributed by atoms with Gasteiger partial charge in [0.15, 0.2) is 0 Å². The lowest BCUT2D eigenvalue weighted by molar-refractivity contribution is -0.133. The van der Waals surface area contributed by atoms with Crippen molar-refractivity contribution in [3.05, 3.63) is 66.1 Å². The fourth-order valence-corrected chi connectivity index (χ4v) is 3.61. The minimum Gasteiger partial charge on any atom is -0.489 e. The van der Waals surface area contributed by atoms with Gasteiger partial charge >= 0.3 is 0 Å². The molecule has 156 valence electrons. The Labute approximate surface area is 175 Å². The molecule has 0 spiro atoms. The summed E-state index contributed by atoms with van der Waals surface area (Å²) in [6.45, 7) is 5.60. The number of hydrogen-bond acceptors (Lipinski definition) is 4. The van der Waals surface area contributed by atoms with Gasteiger partial charge in [-0.1, -0.05) is 13.8 Å².